The zero-order valence-corrected chi connectivity index (χ0v) is 12.1. The van der Waals surface area contributed by atoms with Crippen LogP contribution in [0.25, 0.3) is 0 Å². The first-order valence-corrected chi connectivity index (χ1v) is 7.24. The highest BCUT2D eigenvalue weighted by molar-refractivity contribution is 5.92. The smallest absolute Gasteiger partial charge is 0.274 e. The highest BCUT2D eigenvalue weighted by atomic mass is 16.2. The van der Waals surface area contributed by atoms with E-state index in [2.05, 4.69) is 18.8 Å². The Morgan fingerprint density at radius 2 is 1.95 bits per heavy atom. The maximum atomic E-state index is 12.4. The molecule has 0 unspecified atom stereocenters. The van der Waals surface area contributed by atoms with Crippen LogP contribution >= 0.6 is 0 Å². The van der Waals surface area contributed by atoms with Crippen LogP contribution in [-0.4, -0.2) is 40.0 Å². The van der Waals surface area contributed by atoms with Gasteiger partial charge in [0.1, 0.15) is 5.69 Å². The first kappa shape index (κ1) is 15.7. The fourth-order valence-corrected chi connectivity index (χ4v) is 1.92. The van der Waals surface area contributed by atoms with E-state index in [4.69, 9.17) is 5.73 Å². The fourth-order valence-electron chi connectivity index (χ4n) is 1.92. The molecule has 0 saturated carbocycles. The van der Waals surface area contributed by atoms with Gasteiger partial charge < -0.3 is 15.2 Å². The molecule has 0 bridgehead atoms. The maximum absolute atomic E-state index is 12.4. The van der Waals surface area contributed by atoms with Gasteiger partial charge in [-0.1, -0.05) is 26.7 Å². The van der Waals surface area contributed by atoms with Crippen molar-refractivity contribution >= 4 is 5.91 Å². The Morgan fingerprint density at radius 1 is 1.32 bits per heavy atom. The fraction of sp³-hybridized carbons (Fsp3) is 0.714. The second-order valence-corrected chi connectivity index (χ2v) is 4.78. The number of nitrogens with two attached hydrogens (primary N) is 1. The van der Waals surface area contributed by atoms with Crippen molar-refractivity contribution in [3.8, 4) is 0 Å². The van der Waals surface area contributed by atoms with Gasteiger partial charge in [-0.15, -0.1) is 0 Å². The van der Waals surface area contributed by atoms with Crippen molar-refractivity contribution in [3.63, 3.8) is 0 Å². The molecule has 5 heteroatoms. The summed E-state index contributed by atoms with van der Waals surface area (Å²) in [5.74, 6) is 0.0395. The van der Waals surface area contributed by atoms with Gasteiger partial charge in [0.2, 0.25) is 0 Å². The number of rotatable bonds is 9. The lowest BCUT2D eigenvalue weighted by Gasteiger charge is -2.21. The third-order valence-electron chi connectivity index (χ3n) is 3.09. The third-order valence-corrected chi connectivity index (χ3v) is 3.09. The lowest BCUT2D eigenvalue weighted by molar-refractivity contribution is 0.0745. The van der Waals surface area contributed by atoms with Gasteiger partial charge in [0.25, 0.3) is 5.91 Å². The summed E-state index contributed by atoms with van der Waals surface area (Å²) in [6.45, 7) is 7.17. The molecule has 0 spiro atoms. The Balaban J connectivity index is 2.66. The molecule has 1 amide bonds. The summed E-state index contributed by atoms with van der Waals surface area (Å²) in [6, 6.07) is 0. The van der Waals surface area contributed by atoms with E-state index >= 15 is 0 Å². The normalized spacial score (nSPS) is 10.7. The van der Waals surface area contributed by atoms with Gasteiger partial charge >= 0.3 is 0 Å². The standard InChI is InChI=1S/C14H26N4O/c1-3-5-8-18(9-6-4-2)14(19)13-11-17(10-7-15)12-16-13/h11-12H,3-10,15H2,1-2H3. The van der Waals surface area contributed by atoms with E-state index in [0.29, 0.717) is 18.8 Å². The average molecular weight is 266 g/mol. The van der Waals surface area contributed by atoms with Crippen molar-refractivity contribution in [1.82, 2.24) is 14.5 Å². The lowest BCUT2D eigenvalue weighted by atomic mass is 10.2. The average Bonchev–Trinajstić information content (AvgIpc) is 2.87. The molecule has 0 saturated heterocycles. The Morgan fingerprint density at radius 3 is 2.47 bits per heavy atom. The minimum Gasteiger partial charge on any atom is -0.337 e. The number of aromatic nitrogens is 2. The zero-order valence-electron chi connectivity index (χ0n) is 12.1. The molecule has 1 heterocycles. The van der Waals surface area contributed by atoms with Gasteiger partial charge in [0.05, 0.1) is 6.33 Å². The summed E-state index contributed by atoms with van der Waals surface area (Å²) in [5.41, 5.74) is 6.02. The molecule has 1 aromatic rings. The summed E-state index contributed by atoms with van der Waals surface area (Å²) < 4.78 is 1.87. The van der Waals surface area contributed by atoms with Crippen LogP contribution in [0, 0.1) is 0 Å². The number of imidazole rings is 1. The molecule has 0 atom stereocenters. The van der Waals surface area contributed by atoms with Gasteiger partial charge in [0.15, 0.2) is 0 Å². The second kappa shape index (κ2) is 8.69. The van der Waals surface area contributed by atoms with Gasteiger partial charge in [-0.25, -0.2) is 4.98 Å². The number of carbonyl (C=O) groups excluding carboxylic acids is 1. The Labute approximate surface area is 115 Å². The Kier molecular flexibility index (Phi) is 7.18. The number of hydrogen-bond acceptors (Lipinski definition) is 3. The number of hydrogen-bond donors (Lipinski definition) is 1. The van der Waals surface area contributed by atoms with Crippen molar-refractivity contribution in [2.45, 2.75) is 46.1 Å². The molecule has 2 N–H and O–H groups in total. The molecule has 0 fully saturated rings. The van der Waals surface area contributed by atoms with Crippen molar-refractivity contribution in [2.24, 2.45) is 5.73 Å². The highest BCUT2D eigenvalue weighted by Gasteiger charge is 2.17. The van der Waals surface area contributed by atoms with Crippen molar-refractivity contribution in [1.29, 1.82) is 0 Å². The van der Waals surface area contributed by atoms with Gasteiger partial charge in [-0.3, -0.25) is 4.79 Å². The van der Waals surface area contributed by atoms with E-state index in [1.807, 2.05) is 9.47 Å². The van der Waals surface area contributed by atoms with E-state index in [0.717, 1.165) is 38.8 Å². The molecular weight excluding hydrogens is 240 g/mol. The van der Waals surface area contributed by atoms with Crippen LogP contribution in [0.2, 0.25) is 0 Å². The van der Waals surface area contributed by atoms with Crippen LogP contribution in [0.4, 0.5) is 0 Å². The van der Waals surface area contributed by atoms with Gasteiger partial charge in [-0.2, -0.15) is 0 Å². The predicted molar refractivity (Wildman–Crippen MR) is 77.0 cm³/mol. The molecule has 0 aromatic carbocycles. The topological polar surface area (TPSA) is 64.2 Å². The first-order chi connectivity index (χ1) is 9.22. The number of amides is 1. The van der Waals surface area contributed by atoms with E-state index in [1.54, 1.807) is 12.5 Å². The third kappa shape index (κ3) is 5.03. The highest BCUT2D eigenvalue weighted by Crippen LogP contribution is 2.06. The van der Waals surface area contributed by atoms with E-state index in [9.17, 15) is 4.79 Å². The van der Waals surface area contributed by atoms with Gasteiger partial charge in [-0.05, 0) is 12.8 Å². The van der Waals surface area contributed by atoms with Crippen LogP contribution < -0.4 is 5.73 Å². The first-order valence-electron chi connectivity index (χ1n) is 7.24. The van der Waals surface area contributed by atoms with Crippen LogP contribution in [0.1, 0.15) is 50.0 Å². The summed E-state index contributed by atoms with van der Waals surface area (Å²) >= 11 is 0. The van der Waals surface area contributed by atoms with Crippen LogP contribution in [-0.2, 0) is 6.54 Å². The molecule has 19 heavy (non-hydrogen) atoms. The largest absolute Gasteiger partial charge is 0.337 e. The summed E-state index contributed by atoms with van der Waals surface area (Å²) in [5, 5.41) is 0. The second-order valence-electron chi connectivity index (χ2n) is 4.78. The molecular formula is C14H26N4O. The Bertz CT molecular complexity index is 367. The minimum atomic E-state index is 0.0395. The number of carbonyl (C=O) groups is 1. The molecule has 0 aliphatic heterocycles. The van der Waals surface area contributed by atoms with Crippen molar-refractivity contribution in [3.05, 3.63) is 18.2 Å². The molecule has 1 aromatic heterocycles. The lowest BCUT2D eigenvalue weighted by Crippen LogP contribution is -2.33. The molecule has 5 nitrogen and oxygen atoms in total. The molecule has 0 radical (unpaired) electrons. The maximum Gasteiger partial charge on any atom is 0.274 e. The van der Waals surface area contributed by atoms with Crippen molar-refractivity contribution in [2.75, 3.05) is 19.6 Å². The zero-order chi connectivity index (χ0) is 14.1. The molecule has 0 aliphatic rings. The quantitative estimate of drug-likeness (QED) is 0.742. The molecule has 1 rings (SSSR count). The van der Waals surface area contributed by atoms with Crippen LogP contribution in [0.3, 0.4) is 0 Å². The Hall–Kier alpha value is -1.36. The van der Waals surface area contributed by atoms with Gasteiger partial charge in [0, 0.05) is 32.4 Å². The van der Waals surface area contributed by atoms with Crippen LogP contribution in [0.15, 0.2) is 12.5 Å². The van der Waals surface area contributed by atoms with E-state index in [-0.39, 0.29) is 5.91 Å². The van der Waals surface area contributed by atoms with E-state index in [1.165, 1.54) is 0 Å². The van der Waals surface area contributed by atoms with E-state index < -0.39 is 0 Å². The number of nitrogens with zero attached hydrogens (tertiary/aromatic N) is 3. The monoisotopic (exact) mass is 266 g/mol. The minimum absolute atomic E-state index is 0.0395. The summed E-state index contributed by atoms with van der Waals surface area (Å²) in [6.07, 6.45) is 7.74. The SMILES string of the molecule is CCCCN(CCCC)C(=O)c1cn(CCN)cn1. The molecule has 108 valence electrons. The molecule has 0 aliphatic carbocycles. The summed E-state index contributed by atoms with van der Waals surface area (Å²) in [7, 11) is 0. The number of unbranched alkanes of at least 4 members (excludes halogenated alkanes) is 2. The van der Waals surface area contributed by atoms with Crippen molar-refractivity contribution < 1.29 is 4.79 Å². The van der Waals surface area contributed by atoms with Crippen LogP contribution in [0.5, 0.6) is 0 Å². The predicted octanol–water partition coefficient (Wildman–Crippen LogP) is 1.88. The summed E-state index contributed by atoms with van der Waals surface area (Å²) in [4.78, 5) is 18.5.